The second-order valence-corrected chi connectivity index (χ2v) is 6.23. The van der Waals surface area contributed by atoms with Gasteiger partial charge in [-0.3, -0.25) is 9.59 Å². The quantitative estimate of drug-likeness (QED) is 0.920. The standard InChI is InChI=1S/C16H21ClN2O3/c1-11-7-12(9-13(17)8-11)16(22)18(2)10-15(21)19-5-3-14(20)4-6-19/h7-9,14,20H,3-6,10H2,1-2H3. The molecule has 5 nitrogen and oxygen atoms in total. The van der Waals surface area contributed by atoms with Crippen LogP contribution in [-0.2, 0) is 4.79 Å². The molecule has 0 atom stereocenters. The van der Waals surface area contributed by atoms with Crippen LogP contribution in [0.2, 0.25) is 5.02 Å². The first-order valence-electron chi connectivity index (χ1n) is 7.35. The van der Waals surface area contributed by atoms with Gasteiger partial charge in [-0.05, 0) is 43.5 Å². The predicted octanol–water partition coefficient (Wildman–Crippen LogP) is 1.70. The lowest BCUT2D eigenvalue weighted by atomic mass is 10.1. The van der Waals surface area contributed by atoms with Crippen molar-refractivity contribution in [3.05, 3.63) is 34.3 Å². The zero-order valence-corrected chi connectivity index (χ0v) is 13.6. The fraction of sp³-hybridized carbons (Fsp3) is 0.500. The molecule has 1 aliphatic heterocycles. The van der Waals surface area contributed by atoms with Crippen molar-refractivity contribution in [1.29, 1.82) is 0 Å². The molecule has 1 N–H and O–H groups in total. The van der Waals surface area contributed by atoms with E-state index in [-0.39, 0.29) is 24.5 Å². The molecule has 0 aliphatic carbocycles. The minimum Gasteiger partial charge on any atom is -0.393 e. The van der Waals surface area contributed by atoms with E-state index in [9.17, 15) is 14.7 Å². The number of carbonyl (C=O) groups excluding carboxylic acids is 2. The van der Waals surface area contributed by atoms with Crippen LogP contribution in [0.5, 0.6) is 0 Å². The first-order chi connectivity index (χ1) is 10.4. The van der Waals surface area contributed by atoms with Crippen LogP contribution >= 0.6 is 11.6 Å². The third kappa shape index (κ3) is 4.21. The van der Waals surface area contributed by atoms with Gasteiger partial charge in [0, 0.05) is 30.7 Å². The van der Waals surface area contributed by atoms with Crippen LogP contribution in [-0.4, -0.2) is 59.5 Å². The smallest absolute Gasteiger partial charge is 0.254 e. The number of hydrogen-bond acceptors (Lipinski definition) is 3. The lowest BCUT2D eigenvalue weighted by Gasteiger charge is -2.31. The fourth-order valence-corrected chi connectivity index (χ4v) is 2.86. The van der Waals surface area contributed by atoms with Crippen LogP contribution in [0.3, 0.4) is 0 Å². The van der Waals surface area contributed by atoms with Gasteiger partial charge < -0.3 is 14.9 Å². The fourth-order valence-electron chi connectivity index (χ4n) is 2.57. The normalized spacial score (nSPS) is 15.7. The second kappa shape index (κ2) is 7.11. The number of aliphatic hydroxyl groups is 1. The summed E-state index contributed by atoms with van der Waals surface area (Å²) in [5.74, 6) is -0.322. The second-order valence-electron chi connectivity index (χ2n) is 5.79. The Labute approximate surface area is 135 Å². The molecule has 6 heteroatoms. The average Bonchev–Trinajstić information content (AvgIpc) is 2.46. The van der Waals surface area contributed by atoms with Crippen molar-refractivity contribution in [1.82, 2.24) is 9.80 Å². The third-order valence-electron chi connectivity index (χ3n) is 3.83. The highest BCUT2D eigenvalue weighted by Gasteiger charge is 2.23. The monoisotopic (exact) mass is 324 g/mol. The van der Waals surface area contributed by atoms with Crippen LogP contribution in [0.1, 0.15) is 28.8 Å². The topological polar surface area (TPSA) is 60.9 Å². The maximum absolute atomic E-state index is 12.4. The van der Waals surface area contributed by atoms with Crippen molar-refractivity contribution in [2.45, 2.75) is 25.9 Å². The van der Waals surface area contributed by atoms with Gasteiger partial charge in [-0.25, -0.2) is 0 Å². The SMILES string of the molecule is Cc1cc(Cl)cc(C(=O)N(C)CC(=O)N2CCC(O)CC2)c1. The lowest BCUT2D eigenvalue weighted by molar-refractivity contribution is -0.133. The molecule has 1 fully saturated rings. The van der Waals surface area contributed by atoms with Crippen molar-refractivity contribution in [2.24, 2.45) is 0 Å². The molecule has 0 spiro atoms. The number of rotatable bonds is 3. The molecule has 2 amide bonds. The number of carbonyl (C=O) groups is 2. The highest BCUT2D eigenvalue weighted by atomic mass is 35.5. The molecule has 1 heterocycles. The van der Waals surface area contributed by atoms with Gasteiger partial charge in [-0.15, -0.1) is 0 Å². The largest absolute Gasteiger partial charge is 0.393 e. The molecule has 22 heavy (non-hydrogen) atoms. The molecule has 0 saturated carbocycles. The first kappa shape index (κ1) is 16.8. The minimum absolute atomic E-state index is 0.0283. The molecule has 1 saturated heterocycles. The zero-order valence-electron chi connectivity index (χ0n) is 12.9. The Hall–Kier alpha value is -1.59. The van der Waals surface area contributed by atoms with Crippen LogP contribution in [0, 0.1) is 6.92 Å². The van der Waals surface area contributed by atoms with Crippen molar-refractivity contribution < 1.29 is 14.7 Å². The summed E-state index contributed by atoms with van der Waals surface area (Å²) in [4.78, 5) is 27.7. The summed E-state index contributed by atoms with van der Waals surface area (Å²) < 4.78 is 0. The molecular weight excluding hydrogens is 304 g/mol. The Balaban J connectivity index is 1.97. The van der Waals surface area contributed by atoms with Crippen molar-refractivity contribution in [2.75, 3.05) is 26.7 Å². The number of likely N-dealkylation sites (N-methyl/N-ethyl adjacent to an activating group) is 1. The summed E-state index contributed by atoms with van der Waals surface area (Å²) in [6.45, 7) is 2.98. The molecule has 0 radical (unpaired) electrons. The molecular formula is C16H21ClN2O3. The number of hydrogen-bond donors (Lipinski definition) is 1. The number of nitrogens with zero attached hydrogens (tertiary/aromatic N) is 2. The molecule has 0 unspecified atom stereocenters. The van der Waals surface area contributed by atoms with E-state index in [2.05, 4.69) is 0 Å². The number of aliphatic hydroxyl groups excluding tert-OH is 1. The van der Waals surface area contributed by atoms with Gasteiger partial charge in [-0.2, -0.15) is 0 Å². The number of amides is 2. The summed E-state index contributed by atoms with van der Waals surface area (Å²) in [7, 11) is 1.61. The number of benzene rings is 1. The lowest BCUT2D eigenvalue weighted by Crippen LogP contribution is -2.45. The molecule has 2 rings (SSSR count). The third-order valence-corrected chi connectivity index (χ3v) is 4.04. The van der Waals surface area contributed by atoms with E-state index in [1.54, 1.807) is 30.1 Å². The molecule has 1 aromatic rings. The van der Waals surface area contributed by atoms with Crippen molar-refractivity contribution in [3.8, 4) is 0 Å². The van der Waals surface area contributed by atoms with Gasteiger partial charge in [0.1, 0.15) is 0 Å². The van der Waals surface area contributed by atoms with Gasteiger partial charge in [0.25, 0.3) is 5.91 Å². The Morgan fingerprint density at radius 3 is 2.55 bits per heavy atom. The van der Waals surface area contributed by atoms with Gasteiger partial charge in [0.2, 0.25) is 5.91 Å². The molecule has 0 bridgehead atoms. The van der Waals surface area contributed by atoms with E-state index >= 15 is 0 Å². The number of likely N-dealkylation sites (tertiary alicyclic amines) is 1. The van der Waals surface area contributed by atoms with E-state index < -0.39 is 0 Å². The maximum atomic E-state index is 12.4. The van der Waals surface area contributed by atoms with Gasteiger partial charge in [0.15, 0.2) is 0 Å². The Bertz CT molecular complexity index is 548. The first-order valence-corrected chi connectivity index (χ1v) is 7.73. The van der Waals surface area contributed by atoms with E-state index in [1.807, 2.05) is 6.92 Å². The Morgan fingerprint density at radius 2 is 1.95 bits per heavy atom. The molecule has 1 aromatic carbocycles. The zero-order chi connectivity index (χ0) is 16.3. The van der Waals surface area contributed by atoms with Crippen LogP contribution in [0.4, 0.5) is 0 Å². The average molecular weight is 325 g/mol. The van der Waals surface area contributed by atoms with E-state index in [4.69, 9.17) is 11.6 Å². The predicted molar refractivity (Wildman–Crippen MR) is 85.0 cm³/mol. The summed E-state index contributed by atoms with van der Waals surface area (Å²) in [6.07, 6.45) is 0.867. The van der Waals surface area contributed by atoms with E-state index in [0.29, 0.717) is 36.5 Å². The number of aryl methyl sites for hydroxylation is 1. The van der Waals surface area contributed by atoms with Gasteiger partial charge in [-0.1, -0.05) is 11.6 Å². The molecule has 0 aromatic heterocycles. The maximum Gasteiger partial charge on any atom is 0.254 e. The minimum atomic E-state index is -0.321. The number of halogens is 1. The van der Waals surface area contributed by atoms with Gasteiger partial charge in [0.05, 0.1) is 12.6 Å². The highest BCUT2D eigenvalue weighted by Crippen LogP contribution is 2.16. The Morgan fingerprint density at radius 1 is 1.32 bits per heavy atom. The summed E-state index contributed by atoms with van der Waals surface area (Å²) >= 11 is 5.97. The van der Waals surface area contributed by atoms with Crippen molar-refractivity contribution in [3.63, 3.8) is 0 Å². The van der Waals surface area contributed by atoms with E-state index in [1.165, 1.54) is 4.90 Å². The molecule has 1 aliphatic rings. The van der Waals surface area contributed by atoms with Gasteiger partial charge >= 0.3 is 0 Å². The summed E-state index contributed by atoms with van der Waals surface area (Å²) in [5, 5.41) is 9.97. The Kier molecular flexibility index (Phi) is 5.42. The molecule has 120 valence electrons. The van der Waals surface area contributed by atoms with Crippen molar-refractivity contribution >= 4 is 23.4 Å². The van der Waals surface area contributed by atoms with Crippen LogP contribution in [0.25, 0.3) is 0 Å². The summed E-state index contributed by atoms with van der Waals surface area (Å²) in [5.41, 5.74) is 1.38. The summed E-state index contributed by atoms with van der Waals surface area (Å²) in [6, 6.07) is 5.14. The number of piperidine rings is 1. The van der Waals surface area contributed by atoms with Crippen LogP contribution in [0.15, 0.2) is 18.2 Å². The van der Waals surface area contributed by atoms with Crippen LogP contribution < -0.4 is 0 Å². The highest BCUT2D eigenvalue weighted by molar-refractivity contribution is 6.31. The van der Waals surface area contributed by atoms with E-state index in [0.717, 1.165) is 5.56 Å².